The maximum absolute atomic E-state index is 11.3. The predicted molar refractivity (Wildman–Crippen MR) is 63.0 cm³/mol. The number of hydrogen-bond acceptors (Lipinski definition) is 3. The van der Waals surface area contributed by atoms with Crippen molar-refractivity contribution in [1.82, 2.24) is 15.1 Å². The van der Waals surface area contributed by atoms with Gasteiger partial charge in [0.05, 0.1) is 11.7 Å². The van der Waals surface area contributed by atoms with Crippen LogP contribution in [0.1, 0.15) is 23.9 Å². The Morgan fingerprint density at radius 3 is 2.62 bits per heavy atom. The summed E-state index contributed by atoms with van der Waals surface area (Å²) in [6, 6.07) is -0.448. The molecule has 5 nitrogen and oxygen atoms in total. The van der Waals surface area contributed by atoms with Gasteiger partial charge in [-0.05, 0) is 32.8 Å². The number of nitrogens with zero attached hydrogens (tertiary/aromatic N) is 2. The number of carbonyl (C=O) groups is 1. The lowest BCUT2D eigenvalue weighted by molar-refractivity contribution is -0.121. The highest BCUT2D eigenvalue weighted by Gasteiger charge is 2.10. The van der Waals surface area contributed by atoms with Gasteiger partial charge >= 0.3 is 0 Å². The Hall–Kier alpha value is -1.36. The molecule has 90 valence electrons. The Morgan fingerprint density at radius 1 is 1.56 bits per heavy atom. The lowest BCUT2D eigenvalue weighted by Crippen LogP contribution is -2.39. The predicted octanol–water partition coefficient (Wildman–Crippen LogP) is 0.0428. The molecule has 0 spiro atoms. The molecule has 0 bridgehead atoms. The van der Waals surface area contributed by atoms with Crippen LogP contribution in [0.4, 0.5) is 0 Å². The summed E-state index contributed by atoms with van der Waals surface area (Å²) < 4.78 is 1.86. The second-order valence-electron chi connectivity index (χ2n) is 4.10. The smallest absolute Gasteiger partial charge is 0.236 e. The average molecular weight is 224 g/mol. The second-order valence-corrected chi connectivity index (χ2v) is 4.10. The topological polar surface area (TPSA) is 72.9 Å². The first kappa shape index (κ1) is 12.7. The third-order valence-corrected chi connectivity index (χ3v) is 2.75. The van der Waals surface area contributed by atoms with Crippen molar-refractivity contribution in [2.24, 2.45) is 12.8 Å². The highest BCUT2D eigenvalue weighted by molar-refractivity contribution is 5.80. The largest absolute Gasteiger partial charge is 0.354 e. The van der Waals surface area contributed by atoms with E-state index in [1.54, 1.807) is 6.92 Å². The van der Waals surface area contributed by atoms with Crippen molar-refractivity contribution in [3.63, 3.8) is 0 Å². The summed E-state index contributed by atoms with van der Waals surface area (Å²) in [4.78, 5) is 11.3. The molecule has 1 aromatic rings. The summed E-state index contributed by atoms with van der Waals surface area (Å²) in [5, 5.41) is 7.12. The number of hydrogen-bond donors (Lipinski definition) is 2. The zero-order valence-corrected chi connectivity index (χ0v) is 10.4. The molecule has 1 unspecified atom stereocenters. The van der Waals surface area contributed by atoms with E-state index in [-0.39, 0.29) is 5.91 Å². The fraction of sp³-hybridized carbons (Fsp3) is 0.636. The molecule has 1 heterocycles. The van der Waals surface area contributed by atoms with E-state index in [0.717, 1.165) is 17.8 Å². The van der Waals surface area contributed by atoms with Crippen molar-refractivity contribution in [2.45, 2.75) is 33.2 Å². The van der Waals surface area contributed by atoms with Crippen molar-refractivity contribution in [3.8, 4) is 0 Å². The number of aryl methyl sites for hydroxylation is 2. The van der Waals surface area contributed by atoms with Crippen molar-refractivity contribution in [2.75, 3.05) is 6.54 Å². The zero-order valence-electron chi connectivity index (χ0n) is 10.4. The van der Waals surface area contributed by atoms with E-state index in [1.807, 2.05) is 25.6 Å². The SMILES string of the molecule is Cc1nn(C)c(C)c1CCNC(=O)C(C)N. The van der Waals surface area contributed by atoms with Gasteiger partial charge in [-0.25, -0.2) is 0 Å². The number of nitrogens with two attached hydrogens (primary N) is 1. The van der Waals surface area contributed by atoms with Crippen LogP contribution in [0, 0.1) is 13.8 Å². The number of amides is 1. The van der Waals surface area contributed by atoms with Crippen molar-refractivity contribution >= 4 is 5.91 Å². The van der Waals surface area contributed by atoms with Crippen LogP contribution in [-0.2, 0) is 18.3 Å². The van der Waals surface area contributed by atoms with Gasteiger partial charge in [0.2, 0.25) is 5.91 Å². The molecule has 1 aromatic heterocycles. The highest BCUT2D eigenvalue weighted by atomic mass is 16.2. The van der Waals surface area contributed by atoms with Gasteiger partial charge in [0.15, 0.2) is 0 Å². The van der Waals surface area contributed by atoms with E-state index in [2.05, 4.69) is 10.4 Å². The van der Waals surface area contributed by atoms with Gasteiger partial charge in [-0.2, -0.15) is 5.10 Å². The van der Waals surface area contributed by atoms with Crippen LogP contribution in [-0.4, -0.2) is 28.3 Å². The van der Waals surface area contributed by atoms with Crippen molar-refractivity contribution in [3.05, 3.63) is 17.0 Å². The first-order valence-electron chi connectivity index (χ1n) is 5.46. The summed E-state index contributed by atoms with van der Waals surface area (Å²) in [6.45, 7) is 6.29. The summed E-state index contributed by atoms with van der Waals surface area (Å²) in [5.41, 5.74) is 8.82. The standard InChI is InChI=1S/C11H20N4O/c1-7(12)11(16)13-6-5-10-8(2)14-15(4)9(10)3/h7H,5-6,12H2,1-4H3,(H,13,16). The fourth-order valence-electron chi connectivity index (χ4n) is 1.65. The Balaban J connectivity index is 2.52. The van der Waals surface area contributed by atoms with E-state index >= 15 is 0 Å². The number of aromatic nitrogens is 2. The van der Waals surface area contributed by atoms with Crippen LogP contribution in [0.15, 0.2) is 0 Å². The second kappa shape index (κ2) is 5.12. The molecule has 0 aliphatic heterocycles. The van der Waals surface area contributed by atoms with Gasteiger partial charge in [0.1, 0.15) is 0 Å². The van der Waals surface area contributed by atoms with Crippen molar-refractivity contribution in [1.29, 1.82) is 0 Å². The Morgan fingerprint density at radius 2 is 2.19 bits per heavy atom. The maximum atomic E-state index is 11.3. The first-order chi connectivity index (χ1) is 7.43. The van der Waals surface area contributed by atoms with E-state index in [0.29, 0.717) is 6.54 Å². The summed E-state index contributed by atoms with van der Waals surface area (Å²) in [6.07, 6.45) is 0.796. The molecule has 0 radical (unpaired) electrons. The third kappa shape index (κ3) is 2.82. The molecule has 0 aliphatic carbocycles. The molecule has 1 atom stereocenters. The molecule has 0 saturated heterocycles. The molecule has 16 heavy (non-hydrogen) atoms. The van der Waals surface area contributed by atoms with Crippen LogP contribution in [0.25, 0.3) is 0 Å². The van der Waals surface area contributed by atoms with Crippen LogP contribution in [0.5, 0.6) is 0 Å². The van der Waals surface area contributed by atoms with Gasteiger partial charge in [0, 0.05) is 19.3 Å². The summed E-state index contributed by atoms with van der Waals surface area (Å²) in [5.74, 6) is -0.112. The molecule has 5 heteroatoms. The van der Waals surface area contributed by atoms with Crippen LogP contribution < -0.4 is 11.1 Å². The Labute approximate surface area is 96.0 Å². The lowest BCUT2D eigenvalue weighted by Gasteiger charge is -2.07. The van der Waals surface area contributed by atoms with Crippen LogP contribution in [0.3, 0.4) is 0 Å². The van der Waals surface area contributed by atoms with Crippen LogP contribution >= 0.6 is 0 Å². The van der Waals surface area contributed by atoms with E-state index in [4.69, 9.17) is 5.73 Å². The number of carbonyl (C=O) groups excluding carboxylic acids is 1. The minimum Gasteiger partial charge on any atom is -0.354 e. The van der Waals surface area contributed by atoms with Gasteiger partial charge in [-0.15, -0.1) is 0 Å². The summed E-state index contributed by atoms with van der Waals surface area (Å²) in [7, 11) is 1.92. The highest BCUT2D eigenvalue weighted by Crippen LogP contribution is 2.11. The van der Waals surface area contributed by atoms with Gasteiger partial charge in [-0.1, -0.05) is 0 Å². The quantitative estimate of drug-likeness (QED) is 0.758. The molecule has 0 aliphatic rings. The molecular formula is C11H20N4O. The lowest BCUT2D eigenvalue weighted by atomic mass is 10.1. The van der Waals surface area contributed by atoms with Gasteiger partial charge < -0.3 is 11.1 Å². The van der Waals surface area contributed by atoms with E-state index in [1.165, 1.54) is 5.56 Å². The Bertz CT molecular complexity index is 382. The molecule has 0 aromatic carbocycles. The monoisotopic (exact) mass is 224 g/mol. The van der Waals surface area contributed by atoms with Gasteiger partial charge in [0.25, 0.3) is 0 Å². The van der Waals surface area contributed by atoms with Crippen molar-refractivity contribution < 1.29 is 4.79 Å². The summed E-state index contributed by atoms with van der Waals surface area (Å²) >= 11 is 0. The molecule has 0 fully saturated rings. The fourth-order valence-corrected chi connectivity index (χ4v) is 1.65. The van der Waals surface area contributed by atoms with Gasteiger partial charge in [-0.3, -0.25) is 9.48 Å². The molecule has 1 rings (SSSR count). The average Bonchev–Trinajstić information content (AvgIpc) is 2.44. The molecular weight excluding hydrogens is 204 g/mol. The molecule has 3 N–H and O–H groups in total. The molecule has 1 amide bonds. The first-order valence-corrected chi connectivity index (χ1v) is 5.46. The van der Waals surface area contributed by atoms with E-state index in [9.17, 15) is 4.79 Å². The minimum absolute atomic E-state index is 0.112. The normalized spacial score (nSPS) is 12.6. The number of rotatable bonds is 4. The minimum atomic E-state index is -0.448. The Kier molecular flexibility index (Phi) is 4.06. The van der Waals surface area contributed by atoms with E-state index < -0.39 is 6.04 Å². The molecule has 0 saturated carbocycles. The maximum Gasteiger partial charge on any atom is 0.236 e. The zero-order chi connectivity index (χ0) is 12.3. The van der Waals surface area contributed by atoms with Crippen LogP contribution in [0.2, 0.25) is 0 Å². The third-order valence-electron chi connectivity index (χ3n) is 2.75. The number of nitrogens with one attached hydrogen (secondary N) is 1.